The lowest BCUT2D eigenvalue weighted by Gasteiger charge is -2.01. The lowest BCUT2D eigenvalue weighted by Crippen LogP contribution is -1.91. The van der Waals surface area contributed by atoms with Crippen LogP contribution in [0.1, 0.15) is 16.7 Å². The maximum absolute atomic E-state index is 13.6. The van der Waals surface area contributed by atoms with E-state index in [9.17, 15) is 8.78 Å². The fraction of sp³-hybridized carbons (Fsp3) is 0.176. The number of thioether (sulfide) groups is 1. The monoisotopic (exact) mass is 332 g/mol. The number of aromatic nitrogens is 2. The molecule has 0 N–H and O–H groups in total. The first kappa shape index (κ1) is 15.7. The van der Waals surface area contributed by atoms with Crippen LogP contribution in [0.5, 0.6) is 0 Å². The lowest BCUT2D eigenvalue weighted by atomic mass is 10.1. The van der Waals surface area contributed by atoms with Gasteiger partial charge in [0.05, 0.1) is 0 Å². The molecule has 0 spiro atoms. The minimum atomic E-state index is -0.857. The molecule has 0 bridgehead atoms. The number of halogens is 2. The van der Waals surface area contributed by atoms with Crippen LogP contribution in [-0.2, 0) is 5.75 Å². The summed E-state index contributed by atoms with van der Waals surface area (Å²) in [5.74, 6) is -1.06. The summed E-state index contributed by atoms with van der Waals surface area (Å²) in [4.78, 5) is 0. The number of benzene rings is 2. The van der Waals surface area contributed by atoms with Crippen molar-refractivity contribution in [3.8, 4) is 11.5 Å². The summed E-state index contributed by atoms with van der Waals surface area (Å²) in [6.45, 7) is 3.99. The van der Waals surface area contributed by atoms with E-state index in [-0.39, 0.29) is 11.3 Å². The van der Waals surface area contributed by atoms with E-state index in [0.717, 1.165) is 22.8 Å². The van der Waals surface area contributed by atoms with Crippen molar-refractivity contribution in [2.75, 3.05) is 0 Å². The van der Waals surface area contributed by atoms with Crippen LogP contribution in [0.4, 0.5) is 8.78 Å². The van der Waals surface area contributed by atoms with Gasteiger partial charge in [-0.3, -0.25) is 0 Å². The molecule has 3 aromatic rings. The van der Waals surface area contributed by atoms with Crippen LogP contribution < -0.4 is 0 Å². The van der Waals surface area contributed by atoms with Crippen LogP contribution in [0.2, 0.25) is 0 Å². The molecule has 23 heavy (non-hydrogen) atoms. The molecule has 0 fully saturated rings. The number of nitrogens with zero attached hydrogens (tertiary/aromatic N) is 2. The summed E-state index contributed by atoms with van der Waals surface area (Å²) in [6, 6.07) is 10.1. The van der Waals surface area contributed by atoms with E-state index in [1.807, 2.05) is 26.0 Å². The zero-order chi connectivity index (χ0) is 16.4. The molecule has 0 aliphatic carbocycles. The van der Waals surface area contributed by atoms with Gasteiger partial charge in [0, 0.05) is 16.9 Å². The summed E-state index contributed by atoms with van der Waals surface area (Å²) in [5, 5.41) is 8.29. The van der Waals surface area contributed by atoms with E-state index in [2.05, 4.69) is 16.3 Å². The van der Waals surface area contributed by atoms with Crippen LogP contribution in [0.25, 0.3) is 11.5 Å². The van der Waals surface area contributed by atoms with E-state index in [0.29, 0.717) is 11.1 Å². The Labute approximate surface area is 136 Å². The third-order valence-corrected chi connectivity index (χ3v) is 4.13. The Bertz CT molecular complexity index is 828. The van der Waals surface area contributed by atoms with Crippen LogP contribution in [0.15, 0.2) is 46.0 Å². The first-order valence-corrected chi connectivity index (χ1v) is 7.99. The highest BCUT2D eigenvalue weighted by Crippen LogP contribution is 2.27. The molecule has 0 unspecified atom stereocenters. The molecule has 0 saturated carbocycles. The Morgan fingerprint density at radius 2 is 1.78 bits per heavy atom. The number of rotatable bonds is 4. The van der Waals surface area contributed by atoms with Crippen LogP contribution >= 0.6 is 11.8 Å². The molecule has 3 nitrogen and oxygen atoms in total. The average molecular weight is 332 g/mol. The Balaban J connectivity index is 1.76. The predicted octanol–water partition coefficient (Wildman–Crippen LogP) is 4.92. The number of hydrogen-bond donors (Lipinski definition) is 0. The quantitative estimate of drug-likeness (QED) is 0.635. The summed E-state index contributed by atoms with van der Waals surface area (Å²) < 4.78 is 32.4. The van der Waals surface area contributed by atoms with Crippen molar-refractivity contribution in [2.24, 2.45) is 0 Å². The van der Waals surface area contributed by atoms with Gasteiger partial charge in [-0.25, -0.2) is 8.78 Å². The zero-order valence-electron chi connectivity index (χ0n) is 12.6. The SMILES string of the molecule is Cc1cc(C)cc(-c2nnc(SCc3cccc(F)c3F)o2)c1. The molecule has 0 aliphatic rings. The average Bonchev–Trinajstić information content (AvgIpc) is 2.97. The Morgan fingerprint density at radius 1 is 1.04 bits per heavy atom. The standard InChI is InChI=1S/C17H14F2N2OS/c1-10-6-11(2)8-13(7-10)16-20-21-17(22-16)23-9-12-4-3-5-14(18)15(12)19/h3-8H,9H2,1-2H3. The normalized spacial score (nSPS) is 11.0. The molecule has 1 aromatic heterocycles. The maximum Gasteiger partial charge on any atom is 0.277 e. The second-order valence-electron chi connectivity index (χ2n) is 5.25. The smallest absolute Gasteiger partial charge is 0.277 e. The van der Waals surface area contributed by atoms with E-state index in [4.69, 9.17) is 4.42 Å². The van der Waals surface area contributed by atoms with Crippen LogP contribution in [-0.4, -0.2) is 10.2 Å². The highest BCUT2D eigenvalue weighted by molar-refractivity contribution is 7.98. The summed E-state index contributed by atoms with van der Waals surface area (Å²) >= 11 is 1.17. The minimum absolute atomic E-state index is 0.220. The molecule has 0 atom stereocenters. The van der Waals surface area contributed by atoms with Crippen molar-refractivity contribution < 1.29 is 13.2 Å². The molecular formula is C17H14F2N2OS. The lowest BCUT2D eigenvalue weighted by molar-refractivity contribution is 0.465. The summed E-state index contributed by atoms with van der Waals surface area (Å²) in [6.07, 6.45) is 0. The topological polar surface area (TPSA) is 38.9 Å². The predicted molar refractivity (Wildman–Crippen MR) is 85.1 cm³/mol. The molecule has 0 amide bonds. The third-order valence-electron chi connectivity index (χ3n) is 3.26. The van der Waals surface area contributed by atoms with E-state index < -0.39 is 11.6 Å². The molecular weight excluding hydrogens is 318 g/mol. The van der Waals surface area contributed by atoms with Crippen LogP contribution in [0, 0.1) is 25.5 Å². The van der Waals surface area contributed by atoms with Crippen molar-refractivity contribution in [1.82, 2.24) is 10.2 Å². The highest BCUT2D eigenvalue weighted by atomic mass is 32.2. The maximum atomic E-state index is 13.6. The van der Waals surface area contributed by atoms with Crippen molar-refractivity contribution in [2.45, 2.75) is 24.8 Å². The van der Waals surface area contributed by atoms with E-state index in [1.165, 1.54) is 23.9 Å². The van der Waals surface area contributed by atoms with Gasteiger partial charge in [-0.2, -0.15) is 0 Å². The van der Waals surface area contributed by atoms with Crippen molar-refractivity contribution in [1.29, 1.82) is 0 Å². The minimum Gasteiger partial charge on any atom is -0.411 e. The molecule has 0 radical (unpaired) electrons. The van der Waals surface area contributed by atoms with Gasteiger partial charge in [0.2, 0.25) is 5.89 Å². The second kappa shape index (κ2) is 6.50. The molecule has 3 rings (SSSR count). The zero-order valence-corrected chi connectivity index (χ0v) is 13.5. The highest BCUT2D eigenvalue weighted by Gasteiger charge is 2.12. The Kier molecular flexibility index (Phi) is 4.43. The molecule has 0 saturated heterocycles. The van der Waals surface area contributed by atoms with Crippen molar-refractivity contribution >= 4 is 11.8 Å². The summed E-state index contributed by atoms with van der Waals surface area (Å²) in [7, 11) is 0. The fourth-order valence-corrected chi connectivity index (χ4v) is 3.02. The van der Waals surface area contributed by atoms with Crippen molar-refractivity contribution in [3.63, 3.8) is 0 Å². The largest absolute Gasteiger partial charge is 0.411 e. The molecule has 0 aliphatic heterocycles. The van der Waals surface area contributed by atoms with E-state index in [1.54, 1.807) is 0 Å². The van der Waals surface area contributed by atoms with E-state index >= 15 is 0 Å². The van der Waals surface area contributed by atoms with Crippen molar-refractivity contribution in [3.05, 3.63) is 64.7 Å². The van der Waals surface area contributed by atoms with Gasteiger partial charge >= 0.3 is 0 Å². The number of hydrogen-bond acceptors (Lipinski definition) is 4. The van der Waals surface area contributed by atoms with Gasteiger partial charge in [-0.15, -0.1) is 10.2 Å². The summed E-state index contributed by atoms with van der Waals surface area (Å²) in [5.41, 5.74) is 3.32. The van der Waals surface area contributed by atoms with Gasteiger partial charge in [0.25, 0.3) is 5.22 Å². The van der Waals surface area contributed by atoms with Gasteiger partial charge in [0.1, 0.15) is 0 Å². The first-order valence-electron chi connectivity index (χ1n) is 7.01. The fourth-order valence-electron chi connectivity index (χ4n) is 2.28. The van der Waals surface area contributed by atoms with Gasteiger partial charge in [0.15, 0.2) is 11.6 Å². The van der Waals surface area contributed by atoms with Gasteiger partial charge in [-0.1, -0.05) is 41.1 Å². The molecule has 6 heteroatoms. The first-order chi connectivity index (χ1) is 11.0. The Hall–Kier alpha value is -2.21. The molecule has 2 aromatic carbocycles. The molecule has 1 heterocycles. The number of aryl methyl sites for hydroxylation is 2. The van der Waals surface area contributed by atoms with Gasteiger partial charge < -0.3 is 4.42 Å². The Morgan fingerprint density at radius 3 is 2.52 bits per heavy atom. The van der Waals surface area contributed by atoms with Gasteiger partial charge in [-0.05, 0) is 32.0 Å². The van der Waals surface area contributed by atoms with Crippen LogP contribution in [0.3, 0.4) is 0 Å². The third kappa shape index (κ3) is 3.59. The molecule has 118 valence electrons. The second-order valence-corrected chi connectivity index (χ2v) is 6.18.